The number of ether oxygens (including phenoxy) is 2. The van der Waals surface area contributed by atoms with E-state index in [4.69, 9.17) is 9.47 Å². The molecule has 1 aromatic carbocycles. The minimum absolute atomic E-state index is 0.119. The number of aryl methyl sites for hydroxylation is 1. The van der Waals surface area contributed by atoms with E-state index in [-0.39, 0.29) is 17.8 Å². The standard InChI is InChI=1S/C15H21NO3/c1-4-19-15(17)13-9-16-8-12(13)11-7-10(2)5-6-14(11)18-3/h5-7,12-13,16H,4,8-9H2,1-3H3. The van der Waals surface area contributed by atoms with E-state index in [0.717, 1.165) is 17.9 Å². The summed E-state index contributed by atoms with van der Waals surface area (Å²) in [4.78, 5) is 12.0. The highest BCUT2D eigenvalue weighted by Gasteiger charge is 2.36. The Morgan fingerprint density at radius 1 is 1.42 bits per heavy atom. The maximum absolute atomic E-state index is 12.0. The molecule has 1 fully saturated rings. The lowest BCUT2D eigenvalue weighted by atomic mass is 9.87. The SMILES string of the molecule is CCOC(=O)C1CNCC1c1cc(C)ccc1OC. The second-order valence-electron chi connectivity index (χ2n) is 4.87. The summed E-state index contributed by atoms with van der Waals surface area (Å²) in [6, 6.07) is 6.08. The molecule has 1 N–H and O–H groups in total. The summed E-state index contributed by atoms with van der Waals surface area (Å²) in [5.41, 5.74) is 2.26. The Morgan fingerprint density at radius 2 is 2.21 bits per heavy atom. The summed E-state index contributed by atoms with van der Waals surface area (Å²) in [5.74, 6) is 0.708. The van der Waals surface area contributed by atoms with Crippen LogP contribution in [0.4, 0.5) is 0 Å². The summed E-state index contributed by atoms with van der Waals surface area (Å²) in [6.07, 6.45) is 0. The molecule has 1 aromatic rings. The normalized spacial score (nSPS) is 22.3. The topological polar surface area (TPSA) is 47.6 Å². The summed E-state index contributed by atoms with van der Waals surface area (Å²) >= 11 is 0. The van der Waals surface area contributed by atoms with Gasteiger partial charge in [-0.15, -0.1) is 0 Å². The summed E-state index contributed by atoms with van der Waals surface area (Å²) < 4.78 is 10.6. The molecular formula is C15H21NO3. The average Bonchev–Trinajstić information content (AvgIpc) is 2.88. The third-order valence-electron chi connectivity index (χ3n) is 3.59. The average molecular weight is 263 g/mol. The summed E-state index contributed by atoms with van der Waals surface area (Å²) in [5, 5.41) is 3.27. The number of rotatable bonds is 4. The van der Waals surface area contributed by atoms with Crippen LogP contribution in [0.25, 0.3) is 0 Å². The molecule has 1 saturated heterocycles. The van der Waals surface area contributed by atoms with Crippen molar-refractivity contribution < 1.29 is 14.3 Å². The Balaban J connectivity index is 2.29. The van der Waals surface area contributed by atoms with Gasteiger partial charge in [0.05, 0.1) is 19.6 Å². The maximum Gasteiger partial charge on any atom is 0.310 e. The zero-order valence-electron chi connectivity index (χ0n) is 11.7. The number of carbonyl (C=O) groups excluding carboxylic acids is 1. The van der Waals surface area contributed by atoms with Crippen molar-refractivity contribution in [2.24, 2.45) is 5.92 Å². The van der Waals surface area contributed by atoms with Crippen LogP contribution in [0.1, 0.15) is 24.0 Å². The lowest BCUT2D eigenvalue weighted by Gasteiger charge is -2.20. The van der Waals surface area contributed by atoms with E-state index in [2.05, 4.69) is 11.4 Å². The van der Waals surface area contributed by atoms with Crippen molar-refractivity contribution >= 4 is 5.97 Å². The van der Waals surface area contributed by atoms with E-state index >= 15 is 0 Å². The molecule has 2 rings (SSSR count). The molecule has 104 valence electrons. The highest BCUT2D eigenvalue weighted by molar-refractivity contribution is 5.75. The maximum atomic E-state index is 12.0. The second kappa shape index (κ2) is 6.06. The quantitative estimate of drug-likeness (QED) is 0.842. The first-order valence-corrected chi connectivity index (χ1v) is 6.69. The Labute approximate surface area is 114 Å². The summed E-state index contributed by atoms with van der Waals surface area (Å²) in [7, 11) is 1.66. The molecule has 1 heterocycles. The van der Waals surface area contributed by atoms with Gasteiger partial charge in [0, 0.05) is 19.0 Å². The number of benzene rings is 1. The number of carbonyl (C=O) groups is 1. The minimum atomic E-state index is -0.129. The van der Waals surface area contributed by atoms with Crippen molar-refractivity contribution in [1.82, 2.24) is 5.32 Å². The lowest BCUT2D eigenvalue weighted by molar-refractivity contribution is -0.147. The number of esters is 1. The van der Waals surface area contributed by atoms with Crippen molar-refractivity contribution in [3.05, 3.63) is 29.3 Å². The van der Waals surface area contributed by atoms with Gasteiger partial charge in [0.2, 0.25) is 0 Å². The van der Waals surface area contributed by atoms with Crippen LogP contribution >= 0.6 is 0 Å². The van der Waals surface area contributed by atoms with Gasteiger partial charge >= 0.3 is 5.97 Å². The molecule has 1 aliphatic rings. The van der Waals surface area contributed by atoms with Gasteiger partial charge < -0.3 is 14.8 Å². The molecule has 1 aliphatic heterocycles. The van der Waals surface area contributed by atoms with Gasteiger partial charge in [-0.25, -0.2) is 0 Å². The second-order valence-corrected chi connectivity index (χ2v) is 4.87. The van der Waals surface area contributed by atoms with Crippen LogP contribution < -0.4 is 10.1 Å². The Kier molecular flexibility index (Phi) is 4.43. The van der Waals surface area contributed by atoms with Crippen LogP contribution in [0.3, 0.4) is 0 Å². The van der Waals surface area contributed by atoms with Crippen molar-refractivity contribution in [2.45, 2.75) is 19.8 Å². The molecule has 0 aromatic heterocycles. The molecule has 0 bridgehead atoms. The van der Waals surface area contributed by atoms with Gasteiger partial charge in [0.25, 0.3) is 0 Å². The molecule has 0 spiro atoms. The summed E-state index contributed by atoms with van der Waals surface area (Å²) in [6.45, 7) is 5.75. The Morgan fingerprint density at radius 3 is 2.89 bits per heavy atom. The number of hydrogen-bond acceptors (Lipinski definition) is 4. The van der Waals surface area contributed by atoms with Crippen LogP contribution in [0.15, 0.2) is 18.2 Å². The largest absolute Gasteiger partial charge is 0.496 e. The van der Waals surface area contributed by atoms with Gasteiger partial charge in [0.1, 0.15) is 5.75 Å². The smallest absolute Gasteiger partial charge is 0.310 e. The van der Waals surface area contributed by atoms with Crippen molar-refractivity contribution in [1.29, 1.82) is 0 Å². The van der Waals surface area contributed by atoms with Gasteiger partial charge in [-0.05, 0) is 25.5 Å². The molecule has 4 nitrogen and oxygen atoms in total. The fraction of sp³-hybridized carbons (Fsp3) is 0.533. The van der Waals surface area contributed by atoms with Crippen LogP contribution in [-0.4, -0.2) is 32.8 Å². The van der Waals surface area contributed by atoms with E-state index in [1.54, 1.807) is 7.11 Å². The van der Waals surface area contributed by atoms with E-state index in [1.807, 2.05) is 26.0 Å². The molecule has 0 aliphatic carbocycles. The van der Waals surface area contributed by atoms with Crippen molar-refractivity contribution in [2.75, 3.05) is 26.8 Å². The van der Waals surface area contributed by atoms with E-state index in [0.29, 0.717) is 13.2 Å². The first kappa shape index (κ1) is 13.9. The molecule has 0 saturated carbocycles. The van der Waals surface area contributed by atoms with Crippen LogP contribution in [0.5, 0.6) is 5.75 Å². The van der Waals surface area contributed by atoms with Crippen LogP contribution in [0.2, 0.25) is 0 Å². The van der Waals surface area contributed by atoms with E-state index in [1.165, 1.54) is 5.56 Å². The highest BCUT2D eigenvalue weighted by Crippen LogP contribution is 2.35. The number of methoxy groups -OCH3 is 1. The zero-order chi connectivity index (χ0) is 13.8. The van der Waals surface area contributed by atoms with E-state index in [9.17, 15) is 4.79 Å². The molecule has 19 heavy (non-hydrogen) atoms. The molecule has 0 amide bonds. The lowest BCUT2D eigenvalue weighted by Crippen LogP contribution is -2.24. The third kappa shape index (κ3) is 2.89. The highest BCUT2D eigenvalue weighted by atomic mass is 16.5. The van der Waals surface area contributed by atoms with Gasteiger partial charge in [-0.1, -0.05) is 17.7 Å². The Hall–Kier alpha value is -1.55. The fourth-order valence-electron chi connectivity index (χ4n) is 2.65. The Bertz CT molecular complexity index is 459. The fourth-order valence-corrected chi connectivity index (χ4v) is 2.65. The van der Waals surface area contributed by atoms with E-state index < -0.39 is 0 Å². The van der Waals surface area contributed by atoms with Crippen molar-refractivity contribution in [3.8, 4) is 5.75 Å². The third-order valence-corrected chi connectivity index (χ3v) is 3.59. The predicted molar refractivity (Wildman–Crippen MR) is 73.5 cm³/mol. The molecule has 4 heteroatoms. The minimum Gasteiger partial charge on any atom is -0.496 e. The number of hydrogen-bond donors (Lipinski definition) is 1. The first-order chi connectivity index (χ1) is 9.17. The van der Waals surface area contributed by atoms with Gasteiger partial charge in [-0.3, -0.25) is 4.79 Å². The molecular weight excluding hydrogens is 242 g/mol. The van der Waals surface area contributed by atoms with Gasteiger partial charge in [-0.2, -0.15) is 0 Å². The monoisotopic (exact) mass is 263 g/mol. The zero-order valence-corrected chi connectivity index (χ0v) is 11.7. The predicted octanol–water partition coefficient (Wildman–Crippen LogP) is 1.87. The molecule has 2 unspecified atom stereocenters. The van der Waals surface area contributed by atoms with Crippen LogP contribution in [0, 0.1) is 12.8 Å². The molecule has 0 radical (unpaired) electrons. The van der Waals surface area contributed by atoms with Gasteiger partial charge in [0.15, 0.2) is 0 Å². The molecule has 2 atom stereocenters. The first-order valence-electron chi connectivity index (χ1n) is 6.69. The number of nitrogens with one attached hydrogen (secondary N) is 1. The van der Waals surface area contributed by atoms with Crippen LogP contribution in [-0.2, 0) is 9.53 Å². The van der Waals surface area contributed by atoms with Crippen molar-refractivity contribution in [3.63, 3.8) is 0 Å².